The molecular weight excluding hydrogens is 232 g/mol. The van der Waals surface area contributed by atoms with Crippen LogP contribution in [0.4, 0.5) is 0 Å². The van der Waals surface area contributed by atoms with E-state index in [1.54, 1.807) is 0 Å². The van der Waals surface area contributed by atoms with E-state index in [9.17, 15) is 5.11 Å². The van der Waals surface area contributed by atoms with Gasteiger partial charge in [0, 0.05) is 5.02 Å². The average molecular weight is 255 g/mol. The van der Waals surface area contributed by atoms with Crippen LogP contribution in [-0.2, 0) is 6.42 Å². The van der Waals surface area contributed by atoms with Crippen molar-refractivity contribution in [1.29, 1.82) is 0 Å². The van der Waals surface area contributed by atoms with Crippen LogP contribution in [0.1, 0.15) is 51.0 Å². The summed E-state index contributed by atoms with van der Waals surface area (Å²) in [6.07, 6.45) is 7.69. The van der Waals surface area contributed by atoms with Gasteiger partial charge in [0.25, 0.3) is 0 Å². The van der Waals surface area contributed by atoms with Gasteiger partial charge in [0.1, 0.15) is 0 Å². The predicted octanol–water partition coefficient (Wildman–Crippen LogP) is 4.60. The van der Waals surface area contributed by atoms with Crippen LogP contribution >= 0.6 is 11.6 Å². The molecule has 0 bridgehead atoms. The second kappa shape index (κ2) is 8.54. The van der Waals surface area contributed by atoms with Gasteiger partial charge >= 0.3 is 0 Å². The largest absolute Gasteiger partial charge is 0.393 e. The molecule has 0 spiro atoms. The fourth-order valence-corrected chi connectivity index (χ4v) is 2.10. The minimum absolute atomic E-state index is 0.210. The summed E-state index contributed by atoms with van der Waals surface area (Å²) in [6, 6.07) is 7.74. The minimum atomic E-state index is -0.210. The van der Waals surface area contributed by atoms with Crippen molar-refractivity contribution >= 4 is 11.6 Å². The molecule has 1 unspecified atom stereocenters. The van der Waals surface area contributed by atoms with Crippen LogP contribution in [0.25, 0.3) is 0 Å². The van der Waals surface area contributed by atoms with Crippen LogP contribution in [0.15, 0.2) is 24.3 Å². The highest BCUT2D eigenvalue weighted by Gasteiger charge is 2.05. The van der Waals surface area contributed by atoms with E-state index >= 15 is 0 Å². The topological polar surface area (TPSA) is 20.2 Å². The summed E-state index contributed by atoms with van der Waals surface area (Å²) in [5.74, 6) is 0. The molecule has 96 valence electrons. The Morgan fingerprint density at radius 3 is 2.35 bits per heavy atom. The predicted molar refractivity (Wildman–Crippen MR) is 74.5 cm³/mol. The molecule has 1 aromatic rings. The quantitative estimate of drug-likeness (QED) is 0.672. The third-order valence-corrected chi connectivity index (χ3v) is 3.28. The zero-order chi connectivity index (χ0) is 12.5. The SMILES string of the molecule is CCCCCCCC(O)Cc1ccc(Cl)cc1. The van der Waals surface area contributed by atoms with Crippen molar-refractivity contribution in [1.82, 2.24) is 0 Å². The van der Waals surface area contributed by atoms with E-state index in [-0.39, 0.29) is 6.10 Å². The van der Waals surface area contributed by atoms with Crippen molar-refractivity contribution in [3.63, 3.8) is 0 Å². The smallest absolute Gasteiger partial charge is 0.0580 e. The van der Waals surface area contributed by atoms with Crippen molar-refractivity contribution in [3.8, 4) is 0 Å². The number of rotatable bonds is 8. The van der Waals surface area contributed by atoms with Crippen LogP contribution in [0, 0.1) is 0 Å². The van der Waals surface area contributed by atoms with Gasteiger partial charge in [0.2, 0.25) is 0 Å². The normalized spacial score (nSPS) is 12.6. The minimum Gasteiger partial charge on any atom is -0.393 e. The number of aliphatic hydroxyl groups is 1. The van der Waals surface area contributed by atoms with Gasteiger partial charge in [0.15, 0.2) is 0 Å². The molecular formula is C15H23ClO. The monoisotopic (exact) mass is 254 g/mol. The third kappa shape index (κ3) is 6.70. The third-order valence-electron chi connectivity index (χ3n) is 3.03. The Balaban J connectivity index is 2.16. The highest BCUT2D eigenvalue weighted by Crippen LogP contribution is 2.14. The van der Waals surface area contributed by atoms with Crippen molar-refractivity contribution in [3.05, 3.63) is 34.9 Å². The molecule has 0 fully saturated rings. The van der Waals surface area contributed by atoms with E-state index < -0.39 is 0 Å². The van der Waals surface area contributed by atoms with Gasteiger partial charge in [-0.3, -0.25) is 0 Å². The first kappa shape index (κ1) is 14.5. The maximum Gasteiger partial charge on any atom is 0.0580 e. The van der Waals surface area contributed by atoms with Gasteiger partial charge < -0.3 is 5.11 Å². The van der Waals surface area contributed by atoms with Crippen molar-refractivity contribution in [2.24, 2.45) is 0 Å². The second-order valence-electron chi connectivity index (χ2n) is 4.69. The molecule has 1 atom stereocenters. The first-order valence-electron chi connectivity index (χ1n) is 6.65. The lowest BCUT2D eigenvalue weighted by atomic mass is 10.0. The number of hydrogen-bond donors (Lipinski definition) is 1. The summed E-state index contributed by atoms with van der Waals surface area (Å²) in [5.41, 5.74) is 1.16. The standard InChI is InChI=1S/C15H23ClO/c1-2-3-4-5-6-7-15(17)12-13-8-10-14(16)11-9-13/h8-11,15,17H,2-7,12H2,1H3. The summed E-state index contributed by atoms with van der Waals surface area (Å²) >= 11 is 5.82. The van der Waals surface area contributed by atoms with Gasteiger partial charge in [-0.25, -0.2) is 0 Å². The molecule has 2 heteroatoms. The Morgan fingerprint density at radius 1 is 1.06 bits per heavy atom. The summed E-state index contributed by atoms with van der Waals surface area (Å²) in [5, 5.41) is 10.6. The number of benzene rings is 1. The maximum atomic E-state index is 9.90. The molecule has 17 heavy (non-hydrogen) atoms. The van der Waals surface area contributed by atoms with Crippen molar-refractivity contribution in [2.75, 3.05) is 0 Å². The van der Waals surface area contributed by atoms with E-state index in [1.807, 2.05) is 24.3 Å². The van der Waals surface area contributed by atoms with E-state index in [0.29, 0.717) is 0 Å². The lowest BCUT2D eigenvalue weighted by Crippen LogP contribution is -2.10. The fraction of sp³-hybridized carbons (Fsp3) is 0.600. The molecule has 1 N–H and O–H groups in total. The number of aliphatic hydroxyl groups excluding tert-OH is 1. The number of unbranched alkanes of at least 4 members (excludes halogenated alkanes) is 4. The van der Waals surface area contributed by atoms with Gasteiger partial charge in [-0.05, 0) is 30.5 Å². The van der Waals surface area contributed by atoms with E-state index in [0.717, 1.165) is 29.8 Å². The summed E-state index contributed by atoms with van der Waals surface area (Å²) < 4.78 is 0. The first-order chi connectivity index (χ1) is 8.22. The fourth-order valence-electron chi connectivity index (χ4n) is 1.98. The Labute approximate surface area is 110 Å². The van der Waals surface area contributed by atoms with E-state index in [2.05, 4.69) is 6.92 Å². The van der Waals surface area contributed by atoms with E-state index in [4.69, 9.17) is 11.6 Å². The van der Waals surface area contributed by atoms with Crippen LogP contribution in [0.2, 0.25) is 5.02 Å². The Hall–Kier alpha value is -0.530. The summed E-state index contributed by atoms with van der Waals surface area (Å²) in [4.78, 5) is 0. The van der Waals surface area contributed by atoms with Crippen molar-refractivity contribution < 1.29 is 5.11 Å². The molecule has 0 saturated heterocycles. The molecule has 0 aliphatic rings. The highest BCUT2D eigenvalue weighted by atomic mass is 35.5. The van der Waals surface area contributed by atoms with Gasteiger partial charge in [-0.1, -0.05) is 62.8 Å². The van der Waals surface area contributed by atoms with Crippen LogP contribution in [-0.4, -0.2) is 11.2 Å². The highest BCUT2D eigenvalue weighted by molar-refractivity contribution is 6.30. The van der Waals surface area contributed by atoms with Crippen molar-refractivity contribution in [2.45, 2.75) is 58.0 Å². The molecule has 0 aliphatic heterocycles. The molecule has 0 aliphatic carbocycles. The lowest BCUT2D eigenvalue weighted by molar-refractivity contribution is 0.161. The van der Waals surface area contributed by atoms with Crippen LogP contribution < -0.4 is 0 Å². The molecule has 0 saturated carbocycles. The Kier molecular flexibility index (Phi) is 7.30. The zero-order valence-corrected chi connectivity index (χ0v) is 11.4. The molecule has 0 aromatic heterocycles. The molecule has 0 amide bonds. The zero-order valence-electron chi connectivity index (χ0n) is 10.7. The second-order valence-corrected chi connectivity index (χ2v) is 5.12. The molecule has 1 aromatic carbocycles. The van der Waals surface area contributed by atoms with Gasteiger partial charge in [-0.2, -0.15) is 0 Å². The summed E-state index contributed by atoms with van der Waals surface area (Å²) in [6.45, 7) is 2.22. The van der Waals surface area contributed by atoms with Gasteiger partial charge in [0.05, 0.1) is 6.10 Å². The number of hydrogen-bond acceptors (Lipinski definition) is 1. The Bertz CT molecular complexity index is 294. The first-order valence-corrected chi connectivity index (χ1v) is 7.02. The average Bonchev–Trinajstić information content (AvgIpc) is 2.32. The number of halogens is 1. The Morgan fingerprint density at radius 2 is 1.71 bits per heavy atom. The van der Waals surface area contributed by atoms with Crippen LogP contribution in [0.5, 0.6) is 0 Å². The molecule has 0 heterocycles. The van der Waals surface area contributed by atoms with Crippen LogP contribution in [0.3, 0.4) is 0 Å². The van der Waals surface area contributed by atoms with E-state index in [1.165, 1.54) is 25.7 Å². The summed E-state index contributed by atoms with van der Waals surface area (Å²) in [7, 11) is 0. The lowest BCUT2D eigenvalue weighted by Gasteiger charge is -2.10. The maximum absolute atomic E-state index is 9.90. The van der Waals surface area contributed by atoms with Gasteiger partial charge in [-0.15, -0.1) is 0 Å². The molecule has 1 nitrogen and oxygen atoms in total. The molecule has 0 radical (unpaired) electrons. The molecule has 1 rings (SSSR count).